The molecule has 1 N–H and O–H groups in total. The molecule has 0 spiro atoms. The molecule has 1 aliphatic rings. The molecule has 24 heavy (non-hydrogen) atoms. The van der Waals surface area contributed by atoms with Crippen molar-refractivity contribution >= 4 is 10.0 Å². The molecule has 0 aromatic heterocycles. The average Bonchev–Trinajstić information content (AvgIpc) is 2.62. The number of rotatable bonds is 6. The number of nitrogens with one attached hydrogen (secondary N) is 1. The van der Waals surface area contributed by atoms with E-state index >= 15 is 0 Å². The van der Waals surface area contributed by atoms with E-state index in [1.807, 2.05) is 30.3 Å². The number of para-hydroxylation sites is 1. The van der Waals surface area contributed by atoms with Gasteiger partial charge in [-0.1, -0.05) is 37.5 Å². The molecule has 0 bridgehead atoms. The number of sulfonamides is 1. The van der Waals surface area contributed by atoms with Crippen molar-refractivity contribution in [2.75, 3.05) is 6.54 Å². The van der Waals surface area contributed by atoms with Gasteiger partial charge in [-0.15, -0.1) is 0 Å². The van der Waals surface area contributed by atoms with Gasteiger partial charge in [0.05, 0.1) is 4.90 Å². The molecule has 0 amide bonds. The second-order valence-electron chi connectivity index (χ2n) is 6.24. The maximum absolute atomic E-state index is 12.4. The lowest BCUT2D eigenvalue weighted by Crippen LogP contribution is -2.30. The van der Waals surface area contributed by atoms with E-state index in [9.17, 15) is 8.42 Å². The second kappa shape index (κ2) is 7.81. The maximum Gasteiger partial charge on any atom is 0.240 e. The Labute approximate surface area is 143 Å². The van der Waals surface area contributed by atoms with Crippen LogP contribution in [-0.2, 0) is 10.0 Å². The van der Waals surface area contributed by atoms with Gasteiger partial charge < -0.3 is 4.74 Å². The summed E-state index contributed by atoms with van der Waals surface area (Å²) in [4.78, 5) is 0.277. The first-order valence-electron chi connectivity index (χ1n) is 8.46. The summed E-state index contributed by atoms with van der Waals surface area (Å²) in [6, 6.07) is 16.0. The van der Waals surface area contributed by atoms with Gasteiger partial charge in [0.25, 0.3) is 0 Å². The van der Waals surface area contributed by atoms with Crippen molar-refractivity contribution in [2.24, 2.45) is 5.92 Å². The first kappa shape index (κ1) is 17.0. The Kier molecular flexibility index (Phi) is 5.53. The van der Waals surface area contributed by atoms with Crippen LogP contribution in [0, 0.1) is 5.92 Å². The summed E-state index contributed by atoms with van der Waals surface area (Å²) in [5, 5.41) is 0. The highest BCUT2D eigenvalue weighted by atomic mass is 32.2. The van der Waals surface area contributed by atoms with Gasteiger partial charge in [0, 0.05) is 6.54 Å². The summed E-state index contributed by atoms with van der Waals surface area (Å²) >= 11 is 0. The lowest BCUT2D eigenvalue weighted by molar-refractivity contribution is 0.357. The highest BCUT2D eigenvalue weighted by Gasteiger charge is 2.18. The Balaban J connectivity index is 1.61. The molecule has 0 atom stereocenters. The van der Waals surface area contributed by atoms with Crippen LogP contribution in [0.3, 0.4) is 0 Å². The third-order valence-electron chi connectivity index (χ3n) is 4.40. The number of hydrogen-bond acceptors (Lipinski definition) is 3. The summed E-state index contributed by atoms with van der Waals surface area (Å²) in [5.74, 6) is 1.81. The predicted octanol–water partition coefficient (Wildman–Crippen LogP) is 4.34. The Morgan fingerprint density at radius 3 is 2.17 bits per heavy atom. The molecule has 1 aliphatic carbocycles. The highest BCUT2D eigenvalue weighted by molar-refractivity contribution is 7.89. The van der Waals surface area contributed by atoms with E-state index in [2.05, 4.69) is 4.72 Å². The quantitative estimate of drug-likeness (QED) is 0.847. The lowest BCUT2D eigenvalue weighted by atomic mass is 9.90. The minimum atomic E-state index is -3.45. The molecule has 0 aliphatic heterocycles. The average molecular weight is 345 g/mol. The standard InChI is InChI=1S/C19H23NO3S/c21-24(22,20-15-16-7-3-1-4-8-16)19-13-11-18(12-14-19)23-17-9-5-2-6-10-17/h2,5-6,9-14,16,20H,1,3-4,7-8,15H2. The van der Waals surface area contributed by atoms with Crippen LogP contribution in [0.1, 0.15) is 32.1 Å². The minimum absolute atomic E-state index is 0.277. The molecule has 2 aromatic rings. The van der Waals surface area contributed by atoms with Crippen molar-refractivity contribution in [2.45, 2.75) is 37.0 Å². The highest BCUT2D eigenvalue weighted by Crippen LogP contribution is 2.24. The fourth-order valence-corrected chi connectivity index (χ4v) is 4.13. The van der Waals surface area contributed by atoms with Crippen molar-refractivity contribution in [3.8, 4) is 11.5 Å². The normalized spacial score (nSPS) is 16.0. The maximum atomic E-state index is 12.4. The SMILES string of the molecule is O=S(=O)(NCC1CCCCC1)c1ccc(Oc2ccccc2)cc1. The van der Waals surface area contributed by atoms with Crippen molar-refractivity contribution in [1.82, 2.24) is 4.72 Å². The Bertz CT molecular complexity index is 736. The van der Waals surface area contributed by atoms with Crippen molar-refractivity contribution in [1.29, 1.82) is 0 Å². The van der Waals surface area contributed by atoms with E-state index in [-0.39, 0.29) is 4.90 Å². The molecule has 0 heterocycles. The van der Waals surface area contributed by atoms with Gasteiger partial charge in [0.15, 0.2) is 0 Å². The lowest BCUT2D eigenvalue weighted by Gasteiger charge is -2.21. The van der Waals surface area contributed by atoms with Gasteiger partial charge in [0.2, 0.25) is 10.0 Å². The molecular formula is C19H23NO3S. The number of benzene rings is 2. The van der Waals surface area contributed by atoms with Crippen LogP contribution in [0.15, 0.2) is 59.5 Å². The topological polar surface area (TPSA) is 55.4 Å². The van der Waals surface area contributed by atoms with E-state index < -0.39 is 10.0 Å². The van der Waals surface area contributed by atoms with Gasteiger partial charge in [-0.25, -0.2) is 13.1 Å². The summed E-state index contributed by atoms with van der Waals surface area (Å²) in [5.41, 5.74) is 0. The van der Waals surface area contributed by atoms with Gasteiger partial charge >= 0.3 is 0 Å². The van der Waals surface area contributed by atoms with Gasteiger partial charge in [-0.3, -0.25) is 0 Å². The minimum Gasteiger partial charge on any atom is -0.457 e. The third kappa shape index (κ3) is 4.58. The molecule has 2 aromatic carbocycles. The molecule has 1 fully saturated rings. The largest absolute Gasteiger partial charge is 0.457 e. The summed E-state index contributed by atoms with van der Waals surface area (Å²) in [6.45, 7) is 0.532. The van der Waals surface area contributed by atoms with E-state index in [0.29, 0.717) is 18.2 Å². The van der Waals surface area contributed by atoms with E-state index in [1.54, 1.807) is 24.3 Å². The molecule has 1 saturated carbocycles. The van der Waals surface area contributed by atoms with E-state index in [1.165, 1.54) is 19.3 Å². The van der Waals surface area contributed by atoms with Crippen LogP contribution in [0.4, 0.5) is 0 Å². The fourth-order valence-electron chi connectivity index (χ4n) is 3.01. The van der Waals surface area contributed by atoms with Crippen molar-refractivity contribution in [3.05, 3.63) is 54.6 Å². The first-order chi connectivity index (χ1) is 11.6. The summed E-state index contributed by atoms with van der Waals surface area (Å²) < 4.78 is 33.2. The van der Waals surface area contributed by atoms with Gasteiger partial charge in [-0.2, -0.15) is 0 Å². The smallest absolute Gasteiger partial charge is 0.240 e. The van der Waals surface area contributed by atoms with Gasteiger partial charge in [-0.05, 0) is 55.2 Å². The van der Waals surface area contributed by atoms with E-state index in [4.69, 9.17) is 4.74 Å². The third-order valence-corrected chi connectivity index (χ3v) is 5.84. The first-order valence-corrected chi connectivity index (χ1v) is 9.94. The van der Waals surface area contributed by atoms with Crippen LogP contribution in [-0.4, -0.2) is 15.0 Å². The molecule has 0 saturated heterocycles. The summed E-state index contributed by atoms with van der Waals surface area (Å²) in [6.07, 6.45) is 5.92. The molecule has 0 unspecified atom stereocenters. The predicted molar refractivity (Wildman–Crippen MR) is 94.7 cm³/mol. The molecule has 3 rings (SSSR count). The van der Waals surface area contributed by atoms with Crippen molar-refractivity contribution < 1.29 is 13.2 Å². The zero-order valence-electron chi connectivity index (χ0n) is 13.6. The molecule has 128 valence electrons. The zero-order chi connectivity index (χ0) is 16.8. The Morgan fingerprint density at radius 1 is 0.875 bits per heavy atom. The van der Waals surface area contributed by atoms with Crippen LogP contribution >= 0.6 is 0 Å². The summed E-state index contributed by atoms with van der Waals surface area (Å²) in [7, 11) is -3.45. The van der Waals surface area contributed by atoms with Crippen molar-refractivity contribution in [3.63, 3.8) is 0 Å². The van der Waals surface area contributed by atoms with Crippen LogP contribution in [0.2, 0.25) is 0 Å². The van der Waals surface area contributed by atoms with Crippen LogP contribution < -0.4 is 9.46 Å². The molecule has 5 heteroatoms. The Hall–Kier alpha value is -1.85. The molecule has 0 radical (unpaired) electrons. The van der Waals surface area contributed by atoms with Gasteiger partial charge in [0.1, 0.15) is 11.5 Å². The Morgan fingerprint density at radius 2 is 1.50 bits per heavy atom. The van der Waals surface area contributed by atoms with Crippen LogP contribution in [0.25, 0.3) is 0 Å². The number of hydrogen-bond donors (Lipinski definition) is 1. The monoisotopic (exact) mass is 345 g/mol. The zero-order valence-corrected chi connectivity index (χ0v) is 14.5. The number of ether oxygens (including phenoxy) is 1. The van der Waals surface area contributed by atoms with Crippen LogP contribution in [0.5, 0.6) is 11.5 Å². The second-order valence-corrected chi connectivity index (χ2v) is 8.01. The fraction of sp³-hybridized carbons (Fsp3) is 0.368. The molecule has 4 nitrogen and oxygen atoms in total. The van der Waals surface area contributed by atoms with E-state index in [0.717, 1.165) is 18.6 Å². The molecular weight excluding hydrogens is 322 g/mol.